The van der Waals surface area contributed by atoms with E-state index in [1.54, 1.807) is 26.4 Å². The molecule has 149 heavy (non-hydrogen) atoms. The highest BCUT2D eigenvalue weighted by molar-refractivity contribution is 6.31. The predicted molar refractivity (Wildman–Crippen MR) is 564 cm³/mol. The van der Waals surface area contributed by atoms with Crippen molar-refractivity contribution < 1.29 is 37.9 Å². The van der Waals surface area contributed by atoms with E-state index in [1.807, 2.05) is 143 Å². The molecule has 766 valence electrons. The number of methoxy groups -OCH3 is 2. The van der Waals surface area contributed by atoms with E-state index in [0.717, 1.165) is 188 Å². The Balaban J connectivity index is 0.000000122. The van der Waals surface area contributed by atoms with Crippen molar-refractivity contribution in [3.63, 3.8) is 0 Å². The SMILES string of the molecule is COc1cc(Cl)cc(C2(C(C)C)C(C#N)=C(N)Oc3n[nH]c(C)c32)c1.COc1cc(Cl)cc(C2(C3CCC3)C(C#N)=C(N)Oc3n[nH]c(C)c32)c1.Cc1cc(C)cc(C2(C3CCC3)C(C#N)=C(N)Oc3n[nH]c(C)c32)c1.Cc1cc(Cl)cc(C2(C3CCC3)C(C#N)=C(N)Oc3n[nH]c(C)c32)c1.Cc1cc(Cl)cc(C2(C3CCC3)C(C#N)=C(N)Oc3n[nH]c(C)c32)c1.Cc1cccc(C2(C(C)C)C(C#N)=C(N)Oc3n[nH]c(C)c32)c1. The van der Waals surface area contributed by atoms with Gasteiger partial charge in [-0.1, -0.05) is 171 Å². The van der Waals surface area contributed by atoms with E-state index in [9.17, 15) is 31.6 Å². The quantitative estimate of drug-likeness (QED) is 0.0481. The van der Waals surface area contributed by atoms with E-state index in [-0.39, 0.29) is 64.9 Å². The Bertz CT molecular complexity index is 7430. The molecule has 0 radical (unpaired) electrons. The number of allylic oxidation sites excluding steroid dienone is 6. The van der Waals surface area contributed by atoms with Gasteiger partial charge in [0.25, 0.3) is 0 Å². The van der Waals surface area contributed by atoms with Gasteiger partial charge in [-0.3, -0.25) is 30.6 Å². The number of halogens is 4. The van der Waals surface area contributed by atoms with Crippen molar-refractivity contribution in [2.75, 3.05) is 14.2 Å². The highest BCUT2D eigenvalue weighted by atomic mass is 35.5. The number of hydrogen-bond donors (Lipinski definition) is 12. The van der Waals surface area contributed by atoms with Crippen LogP contribution in [0.5, 0.6) is 46.8 Å². The van der Waals surface area contributed by atoms with Crippen LogP contribution >= 0.6 is 46.4 Å². The zero-order valence-corrected chi connectivity index (χ0v) is 89.1. The molecule has 6 atom stereocenters. The Morgan fingerprint density at radius 1 is 0.295 bits per heavy atom. The molecular weight excluding hydrogens is 1960 g/mol. The van der Waals surface area contributed by atoms with E-state index in [2.05, 4.69) is 162 Å². The number of aromatic amines is 6. The van der Waals surface area contributed by atoms with Gasteiger partial charge in [-0.15, -0.1) is 30.6 Å². The summed E-state index contributed by atoms with van der Waals surface area (Å²) in [6.45, 7) is 30.1. The van der Waals surface area contributed by atoms with E-state index >= 15 is 0 Å². The third-order valence-corrected chi connectivity index (χ3v) is 32.4. The zero-order valence-electron chi connectivity index (χ0n) is 86.0. The number of benzene rings is 6. The van der Waals surface area contributed by atoms with Crippen LogP contribution in [0.1, 0.15) is 233 Å². The third kappa shape index (κ3) is 16.9. The van der Waals surface area contributed by atoms with Crippen LogP contribution in [0, 0.1) is 180 Å². The predicted octanol–water partition coefficient (Wildman–Crippen LogP) is 21.2. The first-order valence-corrected chi connectivity index (χ1v) is 51.0. The van der Waals surface area contributed by atoms with Gasteiger partial charge in [-0.25, -0.2) is 0 Å². The lowest BCUT2D eigenvalue weighted by molar-refractivity contribution is 0.206. The number of rotatable bonds is 14. The molecule has 0 amide bonds. The van der Waals surface area contributed by atoms with Crippen molar-refractivity contribution >= 4 is 46.4 Å². The van der Waals surface area contributed by atoms with E-state index in [0.29, 0.717) is 106 Å². The van der Waals surface area contributed by atoms with Gasteiger partial charge in [-0.2, -0.15) is 31.6 Å². The van der Waals surface area contributed by atoms with Crippen LogP contribution in [0.15, 0.2) is 184 Å². The fourth-order valence-electron chi connectivity index (χ4n) is 24.7. The number of nitrogens with one attached hydrogen (secondary N) is 6. The minimum atomic E-state index is -0.846. The molecule has 4 aliphatic carbocycles. The maximum atomic E-state index is 10.0. The molecule has 36 heteroatoms. The normalized spacial score (nSPS) is 21.7. The van der Waals surface area contributed by atoms with E-state index in [1.165, 1.54) is 17.5 Å². The van der Waals surface area contributed by atoms with Crippen molar-refractivity contribution in [3.05, 3.63) is 333 Å². The van der Waals surface area contributed by atoms with Gasteiger partial charge in [0.2, 0.25) is 70.6 Å². The van der Waals surface area contributed by atoms with Gasteiger partial charge >= 0.3 is 0 Å². The molecule has 0 bridgehead atoms. The van der Waals surface area contributed by atoms with Gasteiger partial charge in [0.15, 0.2) is 0 Å². The molecule has 4 fully saturated rings. The zero-order chi connectivity index (χ0) is 107. The Morgan fingerprint density at radius 3 is 0.779 bits per heavy atom. The topological polar surface area (TPSA) is 545 Å². The summed E-state index contributed by atoms with van der Waals surface area (Å²) in [6.07, 6.45) is 12.7. The summed E-state index contributed by atoms with van der Waals surface area (Å²) in [5.41, 5.74) is 57.2. The summed E-state index contributed by atoms with van der Waals surface area (Å²) in [5.74, 6) is 5.73. The largest absolute Gasteiger partial charge is 0.497 e. The standard InChI is InChI=1S/C20H22N4O.C19H19ClN4O2.2C19H19ClN4O.C18H19ClN4O2.C18H20N4O/c1-11-7-12(2)9-15(8-11)20(14-5-4-6-14)16(10-21)18(22)25-19-17(20)13(3)23-24-19;1-10-16-18(24-23-10)26-17(22)15(9-21)19(16,11-4-3-5-11)12-6-13(20)8-14(7-12)25-2;2*1-10-6-13(8-14(20)7-10)19(12-4-3-5-12)15(9-21)17(22)25-18-16(19)11(2)23-24-18;1-9(2)18(11-5-12(19)7-13(6-11)24-4)14(8-20)16(21)25-17-15(18)10(3)22-23-17;1-10(2)18(13-7-5-6-11(3)8-13)14(9-19)16(20)23-17-15(18)12(4)21-22-17/h7-9,14H,4-6,22H2,1-3H3,(H,23,24);6-8,11H,3-5,22H2,1-2H3,(H,23,24);2*6-8,12H,3-5,22H2,1-2H3,(H,23,24);5-7,9H,21H2,1-4H3,(H,22,23);5-8,10H,20H2,1-4H3,(H,21,22). The summed E-state index contributed by atoms with van der Waals surface area (Å²) in [5, 5.41) is 106. The van der Waals surface area contributed by atoms with Crippen molar-refractivity contribution in [2.45, 2.75) is 213 Å². The molecule has 32 nitrogen and oxygen atoms in total. The van der Waals surface area contributed by atoms with Crippen LogP contribution < -0.4 is 72.3 Å². The highest BCUT2D eigenvalue weighted by Crippen LogP contribution is 2.65. The fourth-order valence-corrected chi connectivity index (χ4v) is 25.7. The van der Waals surface area contributed by atoms with Crippen LogP contribution in [-0.2, 0) is 32.5 Å². The molecular formula is C113H118Cl4N24O8. The van der Waals surface area contributed by atoms with Crippen molar-refractivity contribution in [1.29, 1.82) is 31.6 Å². The first-order chi connectivity index (χ1) is 71.2. The average Bonchev–Trinajstić information content (AvgIpc) is 1.50. The van der Waals surface area contributed by atoms with Crippen molar-refractivity contribution in [2.24, 2.45) is 69.9 Å². The minimum absolute atomic E-state index is 0.0252. The molecule has 6 unspecified atom stereocenters. The second-order valence-corrected chi connectivity index (χ2v) is 42.3. The Kier molecular flexibility index (Phi) is 28.7. The first-order valence-electron chi connectivity index (χ1n) is 49.5. The summed E-state index contributed by atoms with van der Waals surface area (Å²) in [4.78, 5) is 0. The summed E-state index contributed by atoms with van der Waals surface area (Å²) in [7, 11) is 3.17. The van der Waals surface area contributed by atoms with Crippen molar-refractivity contribution in [1.82, 2.24) is 61.2 Å². The van der Waals surface area contributed by atoms with E-state index < -0.39 is 32.5 Å². The van der Waals surface area contributed by atoms with Crippen LogP contribution in [0.2, 0.25) is 20.1 Å². The average molecular weight is 2080 g/mol. The van der Waals surface area contributed by atoms with Gasteiger partial charge in [0, 0.05) is 54.3 Å². The number of fused-ring (bicyclic) bond motifs is 6. The molecule has 6 aromatic heterocycles. The number of nitrogens with two attached hydrogens (primary N) is 6. The summed E-state index contributed by atoms with van der Waals surface area (Å²) < 4.78 is 44.7. The van der Waals surface area contributed by atoms with Crippen LogP contribution in [0.25, 0.3) is 0 Å². The maximum absolute atomic E-state index is 10.0. The van der Waals surface area contributed by atoms with Gasteiger partial charge < -0.3 is 72.3 Å². The molecule has 10 aliphatic rings. The lowest BCUT2D eigenvalue weighted by Crippen LogP contribution is -2.46. The second-order valence-electron chi connectivity index (χ2n) is 40.6. The second kappa shape index (κ2) is 40.9. The highest BCUT2D eigenvalue weighted by Gasteiger charge is 2.61. The number of aromatic nitrogens is 12. The number of nitrogens with zero attached hydrogens (tertiary/aromatic N) is 12. The Labute approximate surface area is 884 Å². The number of nitriles is 6. The van der Waals surface area contributed by atoms with E-state index in [4.69, 9.17) is 119 Å². The smallest absolute Gasteiger partial charge is 0.244 e. The number of ether oxygens (including phenoxy) is 8. The third-order valence-electron chi connectivity index (χ3n) is 31.5. The van der Waals surface area contributed by atoms with Crippen molar-refractivity contribution in [3.8, 4) is 83.2 Å². The molecule has 22 rings (SSSR count). The molecule has 4 saturated carbocycles. The Hall–Kier alpha value is -15.7. The molecule has 0 saturated heterocycles. The number of aryl methyl sites for hydroxylation is 11. The molecule has 12 aromatic rings. The number of H-pyrrole nitrogens is 6. The van der Waals surface area contributed by atoms with Gasteiger partial charge in [0.05, 0.1) is 80.1 Å². The Morgan fingerprint density at radius 2 is 0.523 bits per heavy atom. The van der Waals surface area contributed by atoms with Crippen LogP contribution in [0.3, 0.4) is 0 Å². The molecule has 6 aromatic carbocycles. The minimum Gasteiger partial charge on any atom is -0.497 e. The lowest BCUT2D eigenvalue weighted by Gasteiger charge is -2.47. The first kappa shape index (κ1) is 105. The molecule has 12 heterocycles. The molecule has 0 spiro atoms. The summed E-state index contributed by atoms with van der Waals surface area (Å²) >= 11 is 25.5. The van der Waals surface area contributed by atoms with Crippen LogP contribution in [-0.4, -0.2) is 75.4 Å². The van der Waals surface area contributed by atoms with Gasteiger partial charge in [-0.05, 0) is 268 Å². The molecule has 6 aliphatic heterocycles. The summed E-state index contributed by atoms with van der Waals surface area (Å²) in [6, 6.07) is 51.5. The molecule has 18 N–H and O–H groups in total. The fraction of sp³-hybridized carbons (Fsp3) is 0.363. The maximum Gasteiger partial charge on any atom is 0.244 e. The van der Waals surface area contributed by atoms with Crippen LogP contribution in [0.4, 0.5) is 0 Å². The van der Waals surface area contributed by atoms with Gasteiger partial charge in [0.1, 0.15) is 81.4 Å². The lowest BCUT2D eigenvalue weighted by atomic mass is 9.55. The number of hydrogen-bond acceptors (Lipinski definition) is 26. The monoisotopic (exact) mass is 2080 g/mol.